The van der Waals surface area contributed by atoms with Crippen LogP contribution in [0.2, 0.25) is 0 Å². The number of methoxy groups -OCH3 is 1. The minimum atomic E-state index is -0.218. The summed E-state index contributed by atoms with van der Waals surface area (Å²) in [5.41, 5.74) is 3.90. The van der Waals surface area contributed by atoms with Gasteiger partial charge in [0.25, 0.3) is 0 Å². The van der Waals surface area contributed by atoms with Gasteiger partial charge in [-0.3, -0.25) is 4.79 Å². The van der Waals surface area contributed by atoms with Gasteiger partial charge in [-0.15, -0.1) is 0 Å². The Kier molecular flexibility index (Phi) is 7.57. The molecule has 0 saturated heterocycles. The second-order valence-corrected chi connectivity index (χ2v) is 7.31. The molecule has 3 heteroatoms. The van der Waals surface area contributed by atoms with E-state index in [9.17, 15) is 9.18 Å². The van der Waals surface area contributed by atoms with Gasteiger partial charge in [0.2, 0.25) is 0 Å². The summed E-state index contributed by atoms with van der Waals surface area (Å²) in [7, 11) is 1.45. The molecule has 1 unspecified atom stereocenters. The SMILES string of the molecule is COC(=O)C(CCCc1ccccc1)CCc1ccc(-c2ccccc2F)cc1. The van der Waals surface area contributed by atoms with E-state index in [1.807, 2.05) is 48.5 Å². The van der Waals surface area contributed by atoms with E-state index in [0.717, 1.165) is 43.2 Å². The minimum absolute atomic E-state index is 0.102. The van der Waals surface area contributed by atoms with Crippen LogP contribution in [0.3, 0.4) is 0 Å². The van der Waals surface area contributed by atoms with Crippen molar-refractivity contribution < 1.29 is 13.9 Å². The lowest BCUT2D eigenvalue weighted by molar-refractivity contribution is -0.145. The van der Waals surface area contributed by atoms with Crippen LogP contribution in [0, 0.1) is 11.7 Å². The summed E-state index contributed by atoms with van der Waals surface area (Å²) in [4.78, 5) is 12.2. The third-order valence-electron chi connectivity index (χ3n) is 5.32. The minimum Gasteiger partial charge on any atom is -0.469 e. The van der Waals surface area contributed by atoms with Crippen LogP contribution >= 0.6 is 0 Å². The van der Waals surface area contributed by atoms with Crippen LogP contribution in [-0.2, 0) is 22.4 Å². The number of hydrogen-bond donors (Lipinski definition) is 0. The zero-order valence-corrected chi connectivity index (χ0v) is 16.8. The Morgan fingerprint density at radius 2 is 1.48 bits per heavy atom. The van der Waals surface area contributed by atoms with Crippen LogP contribution in [0.1, 0.15) is 30.4 Å². The van der Waals surface area contributed by atoms with Gasteiger partial charge >= 0.3 is 5.97 Å². The third-order valence-corrected chi connectivity index (χ3v) is 5.32. The molecule has 0 aliphatic carbocycles. The fraction of sp³-hybridized carbons (Fsp3) is 0.269. The average Bonchev–Trinajstić information content (AvgIpc) is 2.77. The number of ether oxygens (including phenoxy) is 1. The smallest absolute Gasteiger partial charge is 0.308 e. The quantitative estimate of drug-likeness (QED) is 0.404. The molecule has 0 aromatic heterocycles. The van der Waals surface area contributed by atoms with Gasteiger partial charge in [0.15, 0.2) is 0 Å². The molecule has 0 radical (unpaired) electrons. The van der Waals surface area contributed by atoms with Crippen LogP contribution in [0.15, 0.2) is 78.9 Å². The van der Waals surface area contributed by atoms with Crippen LogP contribution in [-0.4, -0.2) is 13.1 Å². The van der Waals surface area contributed by atoms with Crippen molar-refractivity contribution in [3.63, 3.8) is 0 Å². The largest absolute Gasteiger partial charge is 0.469 e. The van der Waals surface area contributed by atoms with E-state index in [2.05, 4.69) is 12.1 Å². The molecule has 29 heavy (non-hydrogen) atoms. The normalized spacial score (nSPS) is 11.8. The number of rotatable bonds is 9. The topological polar surface area (TPSA) is 26.3 Å². The highest BCUT2D eigenvalue weighted by Gasteiger charge is 2.18. The number of esters is 1. The molecule has 0 aliphatic rings. The average molecular weight is 390 g/mol. The zero-order chi connectivity index (χ0) is 20.5. The van der Waals surface area contributed by atoms with Crippen molar-refractivity contribution in [1.82, 2.24) is 0 Å². The molecule has 3 rings (SSSR count). The van der Waals surface area contributed by atoms with Gasteiger partial charge in [0.05, 0.1) is 13.0 Å². The van der Waals surface area contributed by atoms with Crippen LogP contribution in [0.4, 0.5) is 4.39 Å². The molecule has 0 saturated carbocycles. The number of hydrogen-bond acceptors (Lipinski definition) is 2. The van der Waals surface area contributed by atoms with Crippen LogP contribution in [0.25, 0.3) is 11.1 Å². The monoisotopic (exact) mass is 390 g/mol. The fourth-order valence-corrected chi connectivity index (χ4v) is 3.63. The molecule has 0 N–H and O–H groups in total. The van der Waals surface area contributed by atoms with Crippen LogP contribution in [0.5, 0.6) is 0 Å². The third kappa shape index (κ3) is 6.02. The summed E-state index contributed by atoms with van der Waals surface area (Å²) in [6, 6.07) is 25.0. The van der Waals surface area contributed by atoms with Crippen molar-refractivity contribution in [2.45, 2.75) is 32.1 Å². The van der Waals surface area contributed by atoms with Crippen molar-refractivity contribution in [2.24, 2.45) is 5.92 Å². The summed E-state index contributed by atoms with van der Waals surface area (Å²) >= 11 is 0. The number of carbonyl (C=O) groups excluding carboxylic acids is 1. The van der Waals surface area contributed by atoms with Crippen molar-refractivity contribution in [3.05, 3.63) is 95.8 Å². The maximum Gasteiger partial charge on any atom is 0.308 e. The fourth-order valence-electron chi connectivity index (χ4n) is 3.63. The summed E-state index contributed by atoms with van der Waals surface area (Å²) in [5, 5.41) is 0. The molecule has 3 aromatic rings. The first kappa shape index (κ1) is 20.8. The Hall–Kier alpha value is -2.94. The second kappa shape index (κ2) is 10.6. The van der Waals surface area contributed by atoms with Gasteiger partial charge in [-0.05, 0) is 54.9 Å². The molecule has 1 atom stereocenters. The molecule has 3 aromatic carbocycles. The highest BCUT2D eigenvalue weighted by atomic mass is 19.1. The molecule has 0 aliphatic heterocycles. The Morgan fingerprint density at radius 1 is 0.828 bits per heavy atom. The maximum absolute atomic E-state index is 13.9. The van der Waals surface area contributed by atoms with E-state index in [-0.39, 0.29) is 17.7 Å². The van der Waals surface area contributed by atoms with Crippen molar-refractivity contribution in [2.75, 3.05) is 7.11 Å². The lowest BCUT2D eigenvalue weighted by Gasteiger charge is -2.15. The lowest BCUT2D eigenvalue weighted by atomic mass is 9.93. The summed E-state index contributed by atoms with van der Waals surface area (Å²) in [5.74, 6) is -0.458. The molecule has 2 nitrogen and oxygen atoms in total. The first-order chi connectivity index (χ1) is 14.2. The van der Waals surface area contributed by atoms with E-state index in [0.29, 0.717) is 5.56 Å². The van der Waals surface area contributed by atoms with Gasteiger partial charge < -0.3 is 4.74 Å². The Morgan fingerprint density at radius 3 is 2.17 bits per heavy atom. The van der Waals surface area contributed by atoms with E-state index >= 15 is 0 Å². The number of benzene rings is 3. The number of aryl methyl sites for hydroxylation is 2. The number of carbonyl (C=O) groups is 1. The highest BCUT2D eigenvalue weighted by molar-refractivity contribution is 5.72. The molecule has 0 fully saturated rings. The molecular formula is C26H27FO2. The predicted molar refractivity (Wildman–Crippen MR) is 115 cm³/mol. The molecular weight excluding hydrogens is 363 g/mol. The van der Waals surface area contributed by atoms with Gasteiger partial charge in [0, 0.05) is 5.56 Å². The van der Waals surface area contributed by atoms with Crippen LogP contribution < -0.4 is 0 Å². The van der Waals surface area contributed by atoms with E-state index in [1.165, 1.54) is 18.7 Å². The van der Waals surface area contributed by atoms with Gasteiger partial charge in [-0.1, -0.05) is 72.8 Å². The van der Waals surface area contributed by atoms with E-state index in [1.54, 1.807) is 12.1 Å². The van der Waals surface area contributed by atoms with Crippen molar-refractivity contribution in [3.8, 4) is 11.1 Å². The first-order valence-corrected chi connectivity index (χ1v) is 10.1. The highest BCUT2D eigenvalue weighted by Crippen LogP contribution is 2.24. The maximum atomic E-state index is 13.9. The molecule has 0 bridgehead atoms. The molecule has 0 spiro atoms. The summed E-state index contributed by atoms with van der Waals surface area (Å²) < 4.78 is 19.0. The van der Waals surface area contributed by atoms with Gasteiger partial charge in [-0.2, -0.15) is 0 Å². The summed E-state index contributed by atoms with van der Waals surface area (Å²) in [6.07, 6.45) is 4.28. The first-order valence-electron chi connectivity index (χ1n) is 10.1. The van der Waals surface area contributed by atoms with Crippen molar-refractivity contribution >= 4 is 5.97 Å². The van der Waals surface area contributed by atoms with E-state index < -0.39 is 0 Å². The Bertz CT molecular complexity index is 904. The number of halogens is 1. The second-order valence-electron chi connectivity index (χ2n) is 7.31. The molecule has 0 amide bonds. The Labute approximate surface area is 172 Å². The predicted octanol–water partition coefficient (Wildman–Crippen LogP) is 6.24. The zero-order valence-electron chi connectivity index (χ0n) is 16.8. The molecule has 0 heterocycles. The standard InChI is InChI=1S/C26H27FO2/c1-29-26(28)23(11-7-10-20-8-3-2-4-9-20)19-16-21-14-17-22(18-15-21)24-12-5-6-13-25(24)27/h2-6,8-9,12-15,17-18,23H,7,10-11,16,19H2,1H3. The van der Waals surface area contributed by atoms with E-state index in [4.69, 9.17) is 4.74 Å². The van der Waals surface area contributed by atoms with Crippen molar-refractivity contribution in [1.29, 1.82) is 0 Å². The lowest BCUT2D eigenvalue weighted by Crippen LogP contribution is -2.17. The van der Waals surface area contributed by atoms with Gasteiger partial charge in [-0.25, -0.2) is 4.39 Å². The van der Waals surface area contributed by atoms with Gasteiger partial charge in [0.1, 0.15) is 5.82 Å². The summed E-state index contributed by atoms with van der Waals surface area (Å²) in [6.45, 7) is 0. The Balaban J connectivity index is 1.56. The molecule has 150 valence electrons.